The van der Waals surface area contributed by atoms with Gasteiger partial charge in [0.25, 0.3) is 11.8 Å². The lowest BCUT2D eigenvalue weighted by atomic mass is 9.86. The van der Waals surface area contributed by atoms with E-state index in [4.69, 9.17) is 0 Å². The molecular weight excluding hydrogens is 356 g/mol. The van der Waals surface area contributed by atoms with E-state index in [-0.39, 0.29) is 30.7 Å². The van der Waals surface area contributed by atoms with Crippen molar-refractivity contribution < 1.29 is 14.4 Å². The Morgan fingerprint density at radius 1 is 1.11 bits per heavy atom. The zero-order chi connectivity index (χ0) is 19.5. The molecule has 2 aromatic rings. The van der Waals surface area contributed by atoms with E-state index in [1.54, 1.807) is 24.3 Å². The maximum absolute atomic E-state index is 12.3. The third kappa shape index (κ3) is 3.83. The van der Waals surface area contributed by atoms with Crippen LogP contribution in [0.2, 0.25) is 0 Å². The maximum atomic E-state index is 12.3. The number of imide groups is 1. The molecule has 1 aliphatic carbocycles. The summed E-state index contributed by atoms with van der Waals surface area (Å²) >= 11 is 0. The van der Waals surface area contributed by atoms with Gasteiger partial charge in [0.05, 0.1) is 11.1 Å². The normalized spacial score (nSPS) is 17.1. The molecule has 1 aromatic heterocycles. The number of rotatable bonds is 6. The fourth-order valence-electron chi connectivity index (χ4n) is 4.09. The Bertz CT molecular complexity index is 864. The topological polar surface area (TPSA) is 95.2 Å². The van der Waals surface area contributed by atoms with E-state index in [1.165, 1.54) is 32.1 Å². The van der Waals surface area contributed by atoms with Crippen molar-refractivity contribution in [3.05, 3.63) is 47.2 Å². The van der Waals surface area contributed by atoms with Crippen LogP contribution in [0.3, 0.4) is 0 Å². The van der Waals surface area contributed by atoms with Gasteiger partial charge in [-0.1, -0.05) is 44.2 Å². The molecule has 0 saturated heterocycles. The van der Waals surface area contributed by atoms with Crippen molar-refractivity contribution in [2.24, 2.45) is 5.92 Å². The molecule has 2 aliphatic rings. The summed E-state index contributed by atoms with van der Waals surface area (Å²) < 4.78 is 0. The van der Waals surface area contributed by atoms with Gasteiger partial charge in [-0.05, 0) is 24.5 Å². The van der Waals surface area contributed by atoms with Gasteiger partial charge in [0.2, 0.25) is 5.91 Å². The second-order valence-corrected chi connectivity index (χ2v) is 7.59. The Balaban J connectivity index is 1.28. The van der Waals surface area contributed by atoms with Gasteiger partial charge in [-0.15, -0.1) is 0 Å². The molecule has 4 rings (SSSR count). The summed E-state index contributed by atoms with van der Waals surface area (Å²) in [6.07, 6.45) is 7.41. The van der Waals surface area contributed by atoms with Gasteiger partial charge in [-0.2, -0.15) is 5.10 Å². The number of aromatic nitrogens is 2. The molecule has 0 bridgehead atoms. The van der Waals surface area contributed by atoms with Crippen LogP contribution in [0.5, 0.6) is 0 Å². The largest absolute Gasteiger partial charge is 0.309 e. The summed E-state index contributed by atoms with van der Waals surface area (Å²) in [7, 11) is 0. The van der Waals surface area contributed by atoms with Gasteiger partial charge >= 0.3 is 0 Å². The summed E-state index contributed by atoms with van der Waals surface area (Å²) in [4.78, 5) is 38.0. The monoisotopic (exact) mass is 380 g/mol. The molecule has 0 unspecified atom stereocenters. The molecular formula is C21H24N4O3. The minimum Gasteiger partial charge on any atom is -0.309 e. The molecule has 7 nitrogen and oxygen atoms in total. The van der Waals surface area contributed by atoms with Gasteiger partial charge < -0.3 is 5.32 Å². The van der Waals surface area contributed by atoms with E-state index >= 15 is 0 Å². The average Bonchev–Trinajstić information content (AvgIpc) is 3.24. The minimum atomic E-state index is -0.345. The zero-order valence-electron chi connectivity index (χ0n) is 15.7. The van der Waals surface area contributed by atoms with Gasteiger partial charge in [-0.25, -0.2) is 0 Å². The maximum Gasteiger partial charge on any atom is 0.261 e. The third-order valence-electron chi connectivity index (χ3n) is 5.57. The predicted molar refractivity (Wildman–Crippen MR) is 104 cm³/mol. The number of anilines is 1. The molecule has 1 aromatic carbocycles. The Labute approximate surface area is 163 Å². The third-order valence-corrected chi connectivity index (χ3v) is 5.57. The quantitative estimate of drug-likeness (QED) is 0.753. The number of hydrogen-bond acceptors (Lipinski definition) is 4. The van der Waals surface area contributed by atoms with E-state index in [0.717, 1.165) is 17.0 Å². The number of carbonyl (C=O) groups excluding carboxylic acids is 3. The van der Waals surface area contributed by atoms with Crippen molar-refractivity contribution in [2.75, 3.05) is 11.9 Å². The van der Waals surface area contributed by atoms with Crippen LogP contribution in [-0.4, -0.2) is 39.4 Å². The van der Waals surface area contributed by atoms with Crippen LogP contribution in [-0.2, 0) is 11.2 Å². The molecule has 28 heavy (non-hydrogen) atoms. The summed E-state index contributed by atoms with van der Waals surface area (Å²) in [5.74, 6) is 0.211. The fourth-order valence-corrected chi connectivity index (χ4v) is 4.09. The molecule has 0 atom stereocenters. The number of nitrogens with one attached hydrogen (secondary N) is 2. The van der Waals surface area contributed by atoms with Crippen LogP contribution in [0, 0.1) is 5.92 Å². The van der Waals surface area contributed by atoms with Crippen molar-refractivity contribution in [1.29, 1.82) is 0 Å². The lowest BCUT2D eigenvalue weighted by molar-refractivity contribution is -0.116. The number of benzene rings is 1. The lowest BCUT2D eigenvalue weighted by Crippen LogP contribution is -2.32. The van der Waals surface area contributed by atoms with Gasteiger partial charge in [0, 0.05) is 24.7 Å². The summed E-state index contributed by atoms with van der Waals surface area (Å²) in [6.45, 7) is 0.0531. The van der Waals surface area contributed by atoms with E-state index in [0.29, 0.717) is 22.9 Å². The molecule has 146 valence electrons. The first-order valence-corrected chi connectivity index (χ1v) is 9.91. The lowest BCUT2D eigenvalue weighted by Gasteiger charge is -2.20. The summed E-state index contributed by atoms with van der Waals surface area (Å²) in [6, 6.07) is 8.58. The standard InChI is InChI=1S/C21H24N4O3/c26-19(10-11-25-20(27)16-8-4-5-9-17(16)21(25)28)22-18-13-15(23-24-18)12-14-6-2-1-3-7-14/h4-5,8-9,13-14H,1-3,6-7,10-12H2,(H2,22,23,24,26). The Hall–Kier alpha value is -2.96. The molecule has 1 fully saturated rings. The number of hydrogen-bond donors (Lipinski definition) is 2. The van der Waals surface area contributed by atoms with Crippen molar-refractivity contribution in [3.8, 4) is 0 Å². The second kappa shape index (κ2) is 7.96. The van der Waals surface area contributed by atoms with E-state index in [9.17, 15) is 14.4 Å². The van der Waals surface area contributed by atoms with Crippen LogP contribution < -0.4 is 5.32 Å². The zero-order valence-corrected chi connectivity index (χ0v) is 15.7. The first kappa shape index (κ1) is 18.4. The second-order valence-electron chi connectivity index (χ2n) is 7.59. The van der Waals surface area contributed by atoms with Crippen LogP contribution in [0.1, 0.15) is 64.9 Å². The predicted octanol–water partition coefficient (Wildman–Crippen LogP) is 3.16. The van der Waals surface area contributed by atoms with Crippen LogP contribution >= 0.6 is 0 Å². The van der Waals surface area contributed by atoms with Crippen LogP contribution in [0.15, 0.2) is 30.3 Å². The van der Waals surface area contributed by atoms with Crippen molar-refractivity contribution in [2.45, 2.75) is 44.9 Å². The molecule has 7 heteroatoms. The molecule has 0 spiro atoms. The minimum absolute atomic E-state index is 0.0380. The number of amides is 3. The van der Waals surface area contributed by atoms with E-state index in [1.807, 2.05) is 6.07 Å². The first-order valence-electron chi connectivity index (χ1n) is 9.91. The highest BCUT2D eigenvalue weighted by Crippen LogP contribution is 2.27. The Morgan fingerprint density at radius 2 is 1.79 bits per heavy atom. The smallest absolute Gasteiger partial charge is 0.261 e. The molecule has 2 N–H and O–H groups in total. The molecule has 3 amide bonds. The van der Waals surface area contributed by atoms with Crippen LogP contribution in [0.4, 0.5) is 5.82 Å². The Morgan fingerprint density at radius 3 is 2.46 bits per heavy atom. The van der Waals surface area contributed by atoms with Crippen molar-refractivity contribution in [1.82, 2.24) is 15.1 Å². The van der Waals surface area contributed by atoms with Crippen molar-refractivity contribution >= 4 is 23.5 Å². The van der Waals surface area contributed by atoms with Gasteiger partial charge in [0.15, 0.2) is 5.82 Å². The van der Waals surface area contributed by atoms with Crippen LogP contribution in [0.25, 0.3) is 0 Å². The number of fused-ring (bicyclic) bond motifs is 1. The molecule has 2 heterocycles. The number of nitrogens with zero attached hydrogens (tertiary/aromatic N) is 2. The number of H-pyrrole nitrogens is 1. The highest BCUT2D eigenvalue weighted by Gasteiger charge is 2.34. The number of aromatic amines is 1. The molecule has 1 saturated carbocycles. The van der Waals surface area contributed by atoms with E-state index < -0.39 is 0 Å². The number of carbonyl (C=O) groups is 3. The SMILES string of the molecule is O=C(CCN1C(=O)c2ccccc2C1=O)Nc1cc(CC2CCCCC2)[nH]n1. The summed E-state index contributed by atoms with van der Waals surface area (Å²) in [5, 5.41) is 9.90. The molecule has 1 aliphatic heterocycles. The van der Waals surface area contributed by atoms with Gasteiger partial charge in [-0.3, -0.25) is 24.4 Å². The first-order chi connectivity index (χ1) is 13.6. The highest BCUT2D eigenvalue weighted by atomic mass is 16.2. The van der Waals surface area contributed by atoms with Gasteiger partial charge in [0.1, 0.15) is 0 Å². The Kier molecular flexibility index (Phi) is 5.23. The van der Waals surface area contributed by atoms with Crippen molar-refractivity contribution in [3.63, 3.8) is 0 Å². The van der Waals surface area contributed by atoms with E-state index in [2.05, 4.69) is 15.5 Å². The molecule has 0 radical (unpaired) electrons. The summed E-state index contributed by atoms with van der Waals surface area (Å²) in [5.41, 5.74) is 1.82. The highest BCUT2D eigenvalue weighted by molar-refractivity contribution is 6.21. The fraction of sp³-hybridized carbons (Fsp3) is 0.429. The average molecular weight is 380 g/mol.